The Balaban J connectivity index is 1.50. The molecule has 1 unspecified atom stereocenters. The van der Waals surface area contributed by atoms with Crippen molar-refractivity contribution in [1.29, 1.82) is 0 Å². The molecule has 0 aromatic carbocycles. The maximum absolute atomic E-state index is 6.32. The summed E-state index contributed by atoms with van der Waals surface area (Å²) in [4.78, 5) is 18.2. The zero-order valence-electron chi connectivity index (χ0n) is 19.1. The van der Waals surface area contributed by atoms with Crippen LogP contribution in [0.5, 0.6) is 5.88 Å². The minimum absolute atomic E-state index is 0.191. The van der Waals surface area contributed by atoms with Gasteiger partial charge < -0.3 is 19.2 Å². The molecule has 0 saturated carbocycles. The molecule has 172 valence electrons. The molecule has 0 amide bonds. The minimum Gasteiger partial charge on any atom is -0.480 e. The van der Waals surface area contributed by atoms with E-state index in [4.69, 9.17) is 21.3 Å². The van der Waals surface area contributed by atoms with E-state index in [1.807, 2.05) is 10.6 Å². The molecule has 1 atom stereocenters. The molecule has 0 radical (unpaired) electrons. The summed E-state index contributed by atoms with van der Waals surface area (Å²) in [5.74, 6) is 4.22. The Morgan fingerprint density at radius 1 is 1.24 bits per heavy atom. The lowest BCUT2D eigenvalue weighted by Gasteiger charge is -2.26. The molecule has 33 heavy (non-hydrogen) atoms. The number of halogens is 1. The fourth-order valence-electron chi connectivity index (χ4n) is 4.35. The summed E-state index contributed by atoms with van der Waals surface area (Å²) in [6, 6.07) is 2.00. The highest BCUT2D eigenvalue weighted by Crippen LogP contribution is 2.31. The molecular weight excluding hydrogens is 442 g/mol. The van der Waals surface area contributed by atoms with Crippen LogP contribution in [0.4, 0.5) is 5.82 Å². The van der Waals surface area contributed by atoms with Gasteiger partial charge in [0.25, 0.3) is 0 Å². The van der Waals surface area contributed by atoms with E-state index in [9.17, 15) is 0 Å². The normalized spacial score (nSPS) is 15.8. The molecule has 0 spiro atoms. The van der Waals surface area contributed by atoms with Crippen molar-refractivity contribution in [3.63, 3.8) is 0 Å². The average molecular weight is 468 g/mol. The number of imidazole rings is 1. The van der Waals surface area contributed by atoms with E-state index in [1.54, 1.807) is 19.6 Å². The number of aromatic nitrogens is 8. The van der Waals surface area contributed by atoms with Crippen LogP contribution in [0.1, 0.15) is 44.8 Å². The molecule has 4 aromatic rings. The van der Waals surface area contributed by atoms with Crippen LogP contribution >= 0.6 is 11.6 Å². The van der Waals surface area contributed by atoms with Crippen LogP contribution in [-0.4, -0.2) is 52.4 Å². The van der Waals surface area contributed by atoms with Gasteiger partial charge in [-0.1, -0.05) is 25.4 Å². The quantitative estimate of drug-likeness (QED) is 0.457. The van der Waals surface area contributed by atoms with E-state index in [2.05, 4.69) is 55.8 Å². The third-order valence-electron chi connectivity index (χ3n) is 5.94. The van der Waals surface area contributed by atoms with Gasteiger partial charge in [-0.05, 0) is 19.4 Å². The largest absolute Gasteiger partial charge is 0.480 e. The van der Waals surface area contributed by atoms with Crippen LogP contribution < -0.4 is 10.1 Å². The van der Waals surface area contributed by atoms with E-state index in [1.165, 1.54) is 0 Å². The molecule has 0 aliphatic carbocycles. The number of hydrogen-bond acceptors (Lipinski definition) is 8. The number of nitrogens with one attached hydrogen (secondary N) is 1. The van der Waals surface area contributed by atoms with Crippen molar-refractivity contribution in [1.82, 2.24) is 39.3 Å². The van der Waals surface area contributed by atoms with Gasteiger partial charge in [0.1, 0.15) is 28.8 Å². The van der Waals surface area contributed by atoms with Gasteiger partial charge in [-0.3, -0.25) is 0 Å². The van der Waals surface area contributed by atoms with Crippen molar-refractivity contribution in [3.8, 4) is 17.3 Å². The first-order valence-electron chi connectivity index (χ1n) is 11.1. The van der Waals surface area contributed by atoms with Gasteiger partial charge in [0, 0.05) is 43.2 Å². The SMILES string of the molecule is CCn1c(-c2cnc(OC)c(Cl)c2)nc2c(NC3CCc4nnc(C(C)C)n4C3)ncnc21. The van der Waals surface area contributed by atoms with Gasteiger partial charge in [-0.2, -0.15) is 0 Å². The van der Waals surface area contributed by atoms with E-state index in [0.717, 1.165) is 53.6 Å². The number of hydrogen-bond donors (Lipinski definition) is 1. The number of anilines is 1. The van der Waals surface area contributed by atoms with Gasteiger partial charge in [-0.15, -0.1) is 10.2 Å². The van der Waals surface area contributed by atoms with Crippen molar-refractivity contribution >= 4 is 28.6 Å². The van der Waals surface area contributed by atoms with Gasteiger partial charge >= 0.3 is 0 Å². The summed E-state index contributed by atoms with van der Waals surface area (Å²) in [5.41, 5.74) is 2.28. The fourth-order valence-corrected chi connectivity index (χ4v) is 4.59. The maximum Gasteiger partial charge on any atom is 0.232 e. The second-order valence-electron chi connectivity index (χ2n) is 8.41. The predicted molar refractivity (Wildman–Crippen MR) is 126 cm³/mol. The monoisotopic (exact) mass is 467 g/mol. The Hall–Kier alpha value is -3.27. The molecule has 1 aliphatic rings. The predicted octanol–water partition coefficient (Wildman–Crippen LogP) is 3.71. The Bertz CT molecular complexity index is 1310. The van der Waals surface area contributed by atoms with Crippen LogP contribution in [0, 0.1) is 0 Å². The van der Waals surface area contributed by atoms with E-state index in [0.29, 0.717) is 29.2 Å². The lowest BCUT2D eigenvalue weighted by atomic mass is 10.1. The molecule has 11 heteroatoms. The van der Waals surface area contributed by atoms with Crippen LogP contribution in [0.25, 0.3) is 22.6 Å². The number of pyridine rings is 1. The fraction of sp³-hybridized carbons (Fsp3) is 0.455. The van der Waals surface area contributed by atoms with E-state index in [-0.39, 0.29) is 6.04 Å². The summed E-state index contributed by atoms with van der Waals surface area (Å²) in [6.45, 7) is 7.82. The van der Waals surface area contributed by atoms with Crippen LogP contribution in [0.3, 0.4) is 0 Å². The summed E-state index contributed by atoms with van der Waals surface area (Å²) < 4.78 is 9.45. The number of methoxy groups -OCH3 is 1. The van der Waals surface area contributed by atoms with Gasteiger partial charge in [0.2, 0.25) is 5.88 Å². The number of nitrogens with zero attached hydrogens (tertiary/aromatic N) is 8. The summed E-state index contributed by atoms with van der Waals surface area (Å²) in [7, 11) is 1.54. The summed E-state index contributed by atoms with van der Waals surface area (Å²) >= 11 is 6.32. The Morgan fingerprint density at radius 3 is 2.82 bits per heavy atom. The van der Waals surface area contributed by atoms with Crippen molar-refractivity contribution in [2.75, 3.05) is 12.4 Å². The van der Waals surface area contributed by atoms with E-state index >= 15 is 0 Å². The topological polar surface area (TPSA) is 108 Å². The van der Waals surface area contributed by atoms with Gasteiger partial charge in [0.05, 0.1) is 7.11 Å². The van der Waals surface area contributed by atoms with Crippen molar-refractivity contribution in [3.05, 3.63) is 35.3 Å². The zero-order valence-corrected chi connectivity index (χ0v) is 19.8. The first kappa shape index (κ1) is 21.6. The highest BCUT2D eigenvalue weighted by atomic mass is 35.5. The Kier molecular flexibility index (Phi) is 5.61. The van der Waals surface area contributed by atoms with Crippen LogP contribution in [-0.2, 0) is 19.5 Å². The van der Waals surface area contributed by atoms with Gasteiger partial charge in [0.15, 0.2) is 17.0 Å². The smallest absolute Gasteiger partial charge is 0.232 e. The Morgan fingerprint density at radius 2 is 2.09 bits per heavy atom. The lowest BCUT2D eigenvalue weighted by molar-refractivity contribution is 0.398. The first-order valence-corrected chi connectivity index (χ1v) is 11.5. The molecule has 0 saturated heterocycles. The summed E-state index contributed by atoms with van der Waals surface area (Å²) in [6.07, 6.45) is 5.10. The standard InChI is InChI=1S/C22H26ClN9O/c1-5-31-20(13-8-15(23)22(33-4)24-9-13)28-17-18(25-11-26-21(17)31)27-14-6-7-16-29-30-19(12(2)3)32(16)10-14/h8-9,11-12,14H,5-7,10H2,1-4H3,(H,25,26,27). The van der Waals surface area contributed by atoms with Crippen molar-refractivity contribution in [2.45, 2.75) is 58.7 Å². The molecule has 5 heterocycles. The lowest BCUT2D eigenvalue weighted by Crippen LogP contribution is -2.32. The first-order chi connectivity index (χ1) is 16.0. The second-order valence-corrected chi connectivity index (χ2v) is 8.82. The molecule has 4 aromatic heterocycles. The van der Waals surface area contributed by atoms with Gasteiger partial charge in [-0.25, -0.2) is 19.9 Å². The minimum atomic E-state index is 0.191. The molecule has 5 rings (SSSR count). The van der Waals surface area contributed by atoms with Crippen LogP contribution in [0.2, 0.25) is 5.02 Å². The van der Waals surface area contributed by atoms with Crippen molar-refractivity contribution in [2.24, 2.45) is 0 Å². The highest BCUT2D eigenvalue weighted by molar-refractivity contribution is 6.32. The molecular formula is C22H26ClN9O. The second kappa shape index (κ2) is 8.58. The third-order valence-corrected chi connectivity index (χ3v) is 6.21. The highest BCUT2D eigenvalue weighted by Gasteiger charge is 2.26. The van der Waals surface area contributed by atoms with E-state index < -0.39 is 0 Å². The molecule has 0 bridgehead atoms. The molecule has 10 nitrogen and oxygen atoms in total. The van der Waals surface area contributed by atoms with Crippen molar-refractivity contribution < 1.29 is 4.74 Å². The molecule has 1 aliphatic heterocycles. The zero-order chi connectivity index (χ0) is 23.1. The molecule has 1 N–H and O–H groups in total. The van der Waals surface area contributed by atoms with Crippen LogP contribution in [0.15, 0.2) is 18.6 Å². The average Bonchev–Trinajstić information content (AvgIpc) is 3.40. The summed E-state index contributed by atoms with van der Waals surface area (Å²) in [5, 5.41) is 12.8. The number of aryl methyl sites for hydroxylation is 2. The number of rotatable bonds is 6. The molecule has 0 fully saturated rings. The third kappa shape index (κ3) is 3.78. The maximum atomic E-state index is 6.32. The number of ether oxygens (including phenoxy) is 1. The Labute approximate surface area is 196 Å². The number of fused-ring (bicyclic) bond motifs is 2.